The summed E-state index contributed by atoms with van der Waals surface area (Å²) >= 11 is 0. The Bertz CT molecular complexity index is 1030. The van der Waals surface area contributed by atoms with Gasteiger partial charge in [0.2, 0.25) is 15.9 Å². The number of benzene rings is 1. The van der Waals surface area contributed by atoms with E-state index in [4.69, 9.17) is 9.15 Å². The Kier molecular flexibility index (Phi) is 6.40. The third kappa shape index (κ3) is 4.51. The van der Waals surface area contributed by atoms with Crippen molar-refractivity contribution in [3.8, 4) is 0 Å². The molecular formula is C21H25N3O6S. The summed E-state index contributed by atoms with van der Waals surface area (Å²) in [7, 11) is -3.69. The quantitative estimate of drug-likeness (QED) is 0.713. The van der Waals surface area contributed by atoms with Crippen LogP contribution in [-0.4, -0.2) is 68.3 Å². The topological polar surface area (TPSA) is 109 Å². The van der Waals surface area contributed by atoms with E-state index in [0.717, 1.165) is 0 Å². The average molecular weight is 448 g/mol. The van der Waals surface area contributed by atoms with Crippen LogP contribution >= 0.6 is 0 Å². The van der Waals surface area contributed by atoms with Crippen molar-refractivity contribution in [1.29, 1.82) is 0 Å². The fraction of sp³-hybridized carbons (Fsp3) is 0.429. The smallest absolute Gasteiger partial charge is 0.290 e. The zero-order valence-corrected chi connectivity index (χ0v) is 17.8. The maximum atomic E-state index is 13.1. The molecule has 10 heteroatoms. The molecule has 1 aromatic heterocycles. The van der Waals surface area contributed by atoms with E-state index in [1.54, 1.807) is 36.4 Å². The van der Waals surface area contributed by atoms with Crippen LogP contribution in [0.25, 0.3) is 0 Å². The lowest BCUT2D eigenvalue weighted by atomic mass is 10.2. The monoisotopic (exact) mass is 447 g/mol. The van der Waals surface area contributed by atoms with Crippen LogP contribution in [-0.2, 0) is 26.1 Å². The van der Waals surface area contributed by atoms with E-state index < -0.39 is 16.1 Å². The van der Waals surface area contributed by atoms with Gasteiger partial charge in [-0.05, 0) is 36.6 Å². The van der Waals surface area contributed by atoms with E-state index in [0.29, 0.717) is 51.3 Å². The number of likely N-dealkylation sites (tertiary alicyclic amines) is 1. The zero-order chi connectivity index (χ0) is 21.8. The van der Waals surface area contributed by atoms with E-state index in [1.807, 2.05) is 0 Å². The third-order valence-electron chi connectivity index (χ3n) is 5.56. The molecule has 31 heavy (non-hydrogen) atoms. The molecule has 0 spiro atoms. The van der Waals surface area contributed by atoms with Crippen molar-refractivity contribution >= 4 is 21.8 Å². The first-order valence-corrected chi connectivity index (χ1v) is 11.7. The molecule has 0 aliphatic carbocycles. The summed E-state index contributed by atoms with van der Waals surface area (Å²) in [6.45, 7) is 1.85. The van der Waals surface area contributed by atoms with Crippen LogP contribution < -0.4 is 5.32 Å². The minimum atomic E-state index is -3.69. The molecule has 2 fully saturated rings. The van der Waals surface area contributed by atoms with Crippen LogP contribution in [0.3, 0.4) is 0 Å². The Morgan fingerprint density at radius 1 is 1.06 bits per heavy atom. The molecule has 166 valence electrons. The maximum absolute atomic E-state index is 13.1. The van der Waals surface area contributed by atoms with Gasteiger partial charge in [-0.2, -0.15) is 4.31 Å². The molecule has 0 bridgehead atoms. The molecule has 2 aromatic rings. The molecule has 2 aliphatic rings. The number of nitrogens with zero attached hydrogens (tertiary/aromatic N) is 2. The molecule has 0 unspecified atom stereocenters. The first kappa shape index (κ1) is 21.5. The van der Waals surface area contributed by atoms with Crippen molar-refractivity contribution in [1.82, 2.24) is 14.5 Å². The molecule has 4 rings (SSSR count). The molecule has 2 saturated heterocycles. The number of carbonyl (C=O) groups excluding carboxylic acids is 2. The molecule has 0 saturated carbocycles. The zero-order valence-electron chi connectivity index (χ0n) is 17.0. The lowest BCUT2D eigenvalue weighted by Gasteiger charge is -2.27. The molecule has 2 aliphatic heterocycles. The normalized spacial score (nSPS) is 20.0. The van der Waals surface area contributed by atoms with Gasteiger partial charge in [0, 0.05) is 26.2 Å². The number of morpholine rings is 1. The highest BCUT2D eigenvalue weighted by Gasteiger charge is 2.35. The summed E-state index contributed by atoms with van der Waals surface area (Å²) in [6, 6.07) is 9.23. The van der Waals surface area contributed by atoms with Crippen LogP contribution in [0.15, 0.2) is 52.0 Å². The van der Waals surface area contributed by atoms with Crippen molar-refractivity contribution in [2.75, 3.05) is 32.8 Å². The Labute approximate surface area is 181 Å². The lowest BCUT2D eigenvalue weighted by Crippen LogP contribution is -2.46. The summed E-state index contributed by atoms with van der Waals surface area (Å²) < 4.78 is 38.0. The second-order valence-corrected chi connectivity index (χ2v) is 9.38. The van der Waals surface area contributed by atoms with Crippen LogP contribution in [0.2, 0.25) is 0 Å². The third-order valence-corrected chi connectivity index (χ3v) is 7.56. The minimum absolute atomic E-state index is 0.0534. The SMILES string of the molecule is O=C(NCc1ccccc1S(=O)(=O)N1CCOCC1)[C@@H]1CCCN1C(=O)c1ccco1. The molecule has 1 aromatic carbocycles. The molecule has 2 amide bonds. The van der Waals surface area contributed by atoms with Gasteiger partial charge >= 0.3 is 0 Å². The summed E-state index contributed by atoms with van der Waals surface area (Å²) in [5, 5.41) is 2.82. The van der Waals surface area contributed by atoms with Crippen LogP contribution in [0.1, 0.15) is 29.0 Å². The number of carbonyl (C=O) groups is 2. The predicted molar refractivity (Wildman–Crippen MR) is 111 cm³/mol. The fourth-order valence-corrected chi connectivity index (χ4v) is 5.58. The van der Waals surface area contributed by atoms with Gasteiger partial charge in [-0.25, -0.2) is 8.42 Å². The average Bonchev–Trinajstić information content (AvgIpc) is 3.50. The van der Waals surface area contributed by atoms with Crippen molar-refractivity contribution in [2.45, 2.75) is 30.3 Å². The van der Waals surface area contributed by atoms with Gasteiger partial charge in [-0.15, -0.1) is 0 Å². The number of rotatable bonds is 6. The van der Waals surface area contributed by atoms with E-state index in [9.17, 15) is 18.0 Å². The second kappa shape index (κ2) is 9.21. The second-order valence-electron chi connectivity index (χ2n) is 7.48. The number of sulfonamides is 1. The van der Waals surface area contributed by atoms with Gasteiger partial charge in [-0.1, -0.05) is 18.2 Å². The molecule has 1 N–H and O–H groups in total. The highest BCUT2D eigenvalue weighted by Crippen LogP contribution is 2.23. The summed E-state index contributed by atoms with van der Waals surface area (Å²) in [5.74, 6) is -0.435. The Balaban J connectivity index is 1.46. The van der Waals surface area contributed by atoms with Crippen LogP contribution in [0, 0.1) is 0 Å². The number of nitrogens with one attached hydrogen (secondary N) is 1. The molecule has 1 atom stereocenters. The number of hydrogen-bond donors (Lipinski definition) is 1. The van der Waals surface area contributed by atoms with E-state index in [1.165, 1.54) is 15.5 Å². The lowest BCUT2D eigenvalue weighted by molar-refractivity contribution is -0.125. The Morgan fingerprint density at radius 2 is 1.84 bits per heavy atom. The van der Waals surface area contributed by atoms with E-state index >= 15 is 0 Å². The first-order valence-electron chi connectivity index (χ1n) is 10.3. The standard InChI is InChI=1S/C21H25N3O6S/c25-20(17-6-3-9-24(17)21(26)18-7-4-12-30-18)22-15-16-5-1-2-8-19(16)31(27,28)23-10-13-29-14-11-23/h1-2,4-5,7-8,12,17H,3,6,9-11,13-15H2,(H,22,25)/t17-/m0/s1. The molecule has 0 radical (unpaired) electrons. The van der Waals surface area contributed by atoms with Crippen LogP contribution in [0.4, 0.5) is 0 Å². The van der Waals surface area contributed by atoms with Crippen LogP contribution in [0.5, 0.6) is 0 Å². The van der Waals surface area contributed by atoms with Crippen molar-refractivity contribution in [2.24, 2.45) is 0 Å². The highest BCUT2D eigenvalue weighted by molar-refractivity contribution is 7.89. The predicted octanol–water partition coefficient (Wildman–Crippen LogP) is 1.22. The van der Waals surface area contributed by atoms with Gasteiger partial charge in [0.05, 0.1) is 24.4 Å². The fourth-order valence-electron chi connectivity index (χ4n) is 3.95. The van der Waals surface area contributed by atoms with Gasteiger partial charge in [-0.3, -0.25) is 9.59 Å². The van der Waals surface area contributed by atoms with E-state index in [2.05, 4.69) is 5.32 Å². The van der Waals surface area contributed by atoms with E-state index in [-0.39, 0.29) is 29.0 Å². The highest BCUT2D eigenvalue weighted by atomic mass is 32.2. The largest absolute Gasteiger partial charge is 0.459 e. The molecular weight excluding hydrogens is 422 g/mol. The number of amides is 2. The molecule has 9 nitrogen and oxygen atoms in total. The summed E-state index contributed by atoms with van der Waals surface area (Å²) in [5.41, 5.74) is 0.504. The maximum Gasteiger partial charge on any atom is 0.290 e. The van der Waals surface area contributed by atoms with Crippen molar-refractivity contribution in [3.63, 3.8) is 0 Å². The van der Waals surface area contributed by atoms with Crippen molar-refractivity contribution in [3.05, 3.63) is 54.0 Å². The van der Waals surface area contributed by atoms with Gasteiger partial charge in [0.15, 0.2) is 5.76 Å². The number of hydrogen-bond acceptors (Lipinski definition) is 6. The number of furan rings is 1. The minimum Gasteiger partial charge on any atom is -0.459 e. The van der Waals surface area contributed by atoms with Gasteiger partial charge in [0.25, 0.3) is 5.91 Å². The Hall–Kier alpha value is -2.69. The summed E-state index contributed by atoms with van der Waals surface area (Å²) in [6.07, 6.45) is 2.68. The molecule has 3 heterocycles. The number of ether oxygens (including phenoxy) is 1. The Morgan fingerprint density at radius 3 is 2.58 bits per heavy atom. The van der Waals surface area contributed by atoms with Gasteiger partial charge in [0.1, 0.15) is 6.04 Å². The summed E-state index contributed by atoms with van der Waals surface area (Å²) in [4.78, 5) is 27.1. The van der Waals surface area contributed by atoms with Crippen molar-refractivity contribution < 1.29 is 27.2 Å². The first-order chi connectivity index (χ1) is 15.0. The van der Waals surface area contributed by atoms with Gasteiger partial charge < -0.3 is 19.4 Å².